The molecule has 0 amide bonds. The van der Waals surface area contributed by atoms with Crippen LogP contribution in [0.15, 0.2) is 47.1 Å². The number of hydrogen-bond donors (Lipinski definition) is 1. The molecule has 0 spiro atoms. The van der Waals surface area contributed by atoms with Gasteiger partial charge in [0.2, 0.25) is 0 Å². The second-order valence-electron chi connectivity index (χ2n) is 3.37. The number of carbonyl (C=O) groups excluding carboxylic acids is 1. The Bertz CT molecular complexity index is 556. The minimum Gasteiger partial charge on any atom is -0.507 e. The zero-order chi connectivity index (χ0) is 12.3. The van der Waals surface area contributed by atoms with Crippen molar-refractivity contribution in [3.8, 4) is 5.75 Å². The number of carbonyl (C=O) groups is 1. The lowest BCUT2D eigenvalue weighted by Gasteiger charge is -2.00. The van der Waals surface area contributed by atoms with Gasteiger partial charge in [0.05, 0.1) is 11.8 Å². The number of phenolic OH excluding ortho intramolecular Hbond substituents is 1. The van der Waals surface area contributed by atoms with Gasteiger partial charge in [-0.3, -0.25) is 4.79 Å². The van der Waals surface area contributed by atoms with Gasteiger partial charge in [-0.1, -0.05) is 11.6 Å². The molecule has 0 aliphatic carbocycles. The Labute approximate surface area is 103 Å². The molecule has 86 valence electrons. The molecule has 2 aromatic rings. The molecule has 0 radical (unpaired) electrons. The molecular weight excluding hydrogens is 240 g/mol. The van der Waals surface area contributed by atoms with E-state index in [1.165, 1.54) is 36.6 Å². The molecule has 0 saturated heterocycles. The molecule has 0 aliphatic heterocycles. The van der Waals surface area contributed by atoms with Crippen LogP contribution in [-0.2, 0) is 0 Å². The number of benzene rings is 1. The summed E-state index contributed by atoms with van der Waals surface area (Å²) in [5.74, 6) is 0.143. The molecule has 0 aliphatic rings. The largest absolute Gasteiger partial charge is 0.507 e. The summed E-state index contributed by atoms with van der Waals surface area (Å²) in [4.78, 5) is 11.8. The summed E-state index contributed by atoms with van der Waals surface area (Å²) < 4.78 is 5.05. The van der Waals surface area contributed by atoms with E-state index in [9.17, 15) is 9.90 Å². The highest BCUT2D eigenvalue weighted by molar-refractivity contribution is 6.31. The molecule has 2 rings (SSSR count). The van der Waals surface area contributed by atoms with Gasteiger partial charge in [0.25, 0.3) is 0 Å². The predicted octanol–water partition coefficient (Wildman–Crippen LogP) is 3.53. The SMILES string of the molecule is O=C(/C=C/c1ccco1)c1cc(Cl)ccc1O. The number of halogens is 1. The third-order valence-corrected chi connectivity index (χ3v) is 2.40. The Balaban J connectivity index is 2.23. The van der Waals surface area contributed by atoms with Gasteiger partial charge in [-0.15, -0.1) is 0 Å². The fourth-order valence-electron chi connectivity index (χ4n) is 1.34. The van der Waals surface area contributed by atoms with Crippen LogP contribution in [0.25, 0.3) is 6.08 Å². The Kier molecular flexibility index (Phi) is 3.30. The van der Waals surface area contributed by atoms with Crippen LogP contribution in [0.5, 0.6) is 5.75 Å². The van der Waals surface area contributed by atoms with Crippen LogP contribution in [0.1, 0.15) is 16.1 Å². The zero-order valence-corrected chi connectivity index (χ0v) is 9.52. The van der Waals surface area contributed by atoms with Crippen molar-refractivity contribution in [3.05, 3.63) is 59.0 Å². The number of ketones is 1. The van der Waals surface area contributed by atoms with E-state index >= 15 is 0 Å². The van der Waals surface area contributed by atoms with Crippen molar-refractivity contribution in [2.24, 2.45) is 0 Å². The van der Waals surface area contributed by atoms with Crippen molar-refractivity contribution < 1.29 is 14.3 Å². The maximum Gasteiger partial charge on any atom is 0.189 e. The van der Waals surface area contributed by atoms with E-state index in [4.69, 9.17) is 16.0 Å². The molecule has 0 saturated carbocycles. The first-order chi connectivity index (χ1) is 8.16. The van der Waals surface area contributed by atoms with E-state index in [0.29, 0.717) is 10.8 Å². The van der Waals surface area contributed by atoms with Gasteiger partial charge in [0, 0.05) is 5.02 Å². The molecule has 17 heavy (non-hydrogen) atoms. The Morgan fingerprint density at radius 1 is 1.35 bits per heavy atom. The normalized spacial score (nSPS) is 10.9. The summed E-state index contributed by atoms with van der Waals surface area (Å²) >= 11 is 5.75. The second kappa shape index (κ2) is 4.89. The van der Waals surface area contributed by atoms with E-state index in [1.807, 2.05) is 0 Å². The summed E-state index contributed by atoms with van der Waals surface area (Å²) in [6, 6.07) is 7.77. The van der Waals surface area contributed by atoms with Crippen molar-refractivity contribution >= 4 is 23.5 Å². The van der Waals surface area contributed by atoms with Crippen LogP contribution < -0.4 is 0 Å². The minimum absolute atomic E-state index is 0.0940. The lowest BCUT2D eigenvalue weighted by molar-refractivity contribution is 0.104. The average molecular weight is 249 g/mol. The summed E-state index contributed by atoms with van der Waals surface area (Å²) in [6.45, 7) is 0. The molecule has 0 fully saturated rings. The van der Waals surface area contributed by atoms with Crippen molar-refractivity contribution in [2.75, 3.05) is 0 Å². The van der Waals surface area contributed by atoms with Crippen LogP contribution in [-0.4, -0.2) is 10.9 Å². The van der Waals surface area contributed by atoms with Gasteiger partial charge >= 0.3 is 0 Å². The quantitative estimate of drug-likeness (QED) is 0.668. The molecule has 1 heterocycles. The molecular formula is C13H9ClO3. The standard InChI is InChI=1S/C13H9ClO3/c14-9-3-5-12(15)11(8-9)13(16)6-4-10-2-1-7-17-10/h1-8,15H/b6-4+. The third-order valence-electron chi connectivity index (χ3n) is 2.17. The second-order valence-corrected chi connectivity index (χ2v) is 3.81. The van der Waals surface area contributed by atoms with Crippen LogP contribution in [0.4, 0.5) is 0 Å². The highest BCUT2D eigenvalue weighted by Crippen LogP contribution is 2.22. The van der Waals surface area contributed by atoms with E-state index in [1.54, 1.807) is 12.1 Å². The van der Waals surface area contributed by atoms with Gasteiger partial charge in [-0.2, -0.15) is 0 Å². The van der Waals surface area contributed by atoms with Gasteiger partial charge in [0.15, 0.2) is 5.78 Å². The maximum atomic E-state index is 11.8. The molecule has 1 aromatic heterocycles. The van der Waals surface area contributed by atoms with Crippen LogP contribution in [0.2, 0.25) is 5.02 Å². The number of allylic oxidation sites excluding steroid dienone is 1. The first kappa shape index (κ1) is 11.5. The van der Waals surface area contributed by atoms with Crippen molar-refractivity contribution in [2.45, 2.75) is 0 Å². The Morgan fingerprint density at radius 2 is 2.18 bits per heavy atom. The smallest absolute Gasteiger partial charge is 0.189 e. The van der Waals surface area contributed by atoms with Crippen molar-refractivity contribution in [1.29, 1.82) is 0 Å². The molecule has 0 bridgehead atoms. The predicted molar refractivity (Wildman–Crippen MR) is 65.2 cm³/mol. The molecule has 0 unspecified atom stereocenters. The van der Waals surface area contributed by atoms with Gasteiger partial charge in [0.1, 0.15) is 11.5 Å². The number of hydrogen-bond acceptors (Lipinski definition) is 3. The summed E-state index contributed by atoms with van der Waals surface area (Å²) in [6.07, 6.45) is 4.37. The monoisotopic (exact) mass is 248 g/mol. The molecule has 1 aromatic carbocycles. The number of furan rings is 1. The first-order valence-corrected chi connectivity index (χ1v) is 5.29. The maximum absolute atomic E-state index is 11.8. The lowest BCUT2D eigenvalue weighted by atomic mass is 10.1. The summed E-state index contributed by atoms with van der Waals surface area (Å²) in [7, 11) is 0. The fraction of sp³-hybridized carbons (Fsp3) is 0. The highest BCUT2D eigenvalue weighted by atomic mass is 35.5. The van der Waals surface area contributed by atoms with E-state index in [0.717, 1.165) is 0 Å². The molecule has 0 atom stereocenters. The molecule has 3 nitrogen and oxygen atoms in total. The van der Waals surface area contributed by atoms with Crippen molar-refractivity contribution in [3.63, 3.8) is 0 Å². The zero-order valence-electron chi connectivity index (χ0n) is 8.76. The van der Waals surface area contributed by atoms with E-state index < -0.39 is 0 Å². The van der Waals surface area contributed by atoms with Gasteiger partial charge < -0.3 is 9.52 Å². The van der Waals surface area contributed by atoms with Crippen LogP contribution in [0, 0.1) is 0 Å². The Hall–Kier alpha value is -2.00. The molecule has 1 N–H and O–H groups in total. The van der Waals surface area contributed by atoms with E-state index in [2.05, 4.69) is 0 Å². The number of aromatic hydroxyl groups is 1. The highest BCUT2D eigenvalue weighted by Gasteiger charge is 2.08. The number of rotatable bonds is 3. The van der Waals surface area contributed by atoms with E-state index in [-0.39, 0.29) is 17.1 Å². The average Bonchev–Trinajstić information content (AvgIpc) is 2.82. The fourth-order valence-corrected chi connectivity index (χ4v) is 1.51. The van der Waals surface area contributed by atoms with Crippen LogP contribution >= 0.6 is 11.6 Å². The van der Waals surface area contributed by atoms with Crippen LogP contribution in [0.3, 0.4) is 0 Å². The number of phenols is 1. The minimum atomic E-state index is -0.332. The molecule has 4 heteroatoms. The topological polar surface area (TPSA) is 50.4 Å². The van der Waals surface area contributed by atoms with Gasteiger partial charge in [-0.25, -0.2) is 0 Å². The van der Waals surface area contributed by atoms with Gasteiger partial charge in [-0.05, 0) is 42.5 Å². The summed E-state index contributed by atoms with van der Waals surface area (Å²) in [5.41, 5.74) is 0.167. The first-order valence-electron chi connectivity index (χ1n) is 4.91. The lowest BCUT2D eigenvalue weighted by Crippen LogP contribution is -1.94. The summed E-state index contributed by atoms with van der Waals surface area (Å²) in [5, 5.41) is 9.93. The third kappa shape index (κ3) is 2.77. The Morgan fingerprint density at radius 3 is 2.88 bits per heavy atom. The van der Waals surface area contributed by atoms with Crippen molar-refractivity contribution in [1.82, 2.24) is 0 Å².